The van der Waals surface area contributed by atoms with Crippen LogP contribution in [-0.2, 0) is 7.05 Å². The summed E-state index contributed by atoms with van der Waals surface area (Å²) in [6, 6.07) is 9.03. The van der Waals surface area contributed by atoms with Crippen LogP contribution in [0, 0.1) is 0 Å². The molecule has 0 bridgehead atoms. The minimum Gasteiger partial charge on any atom is -0.306 e. The van der Waals surface area contributed by atoms with Crippen LogP contribution in [-0.4, -0.2) is 25.2 Å². The van der Waals surface area contributed by atoms with E-state index in [0.29, 0.717) is 11.4 Å². The van der Waals surface area contributed by atoms with Crippen LogP contribution < -0.4 is 5.32 Å². The van der Waals surface area contributed by atoms with Crippen LogP contribution >= 0.6 is 0 Å². The van der Waals surface area contributed by atoms with E-state index in [1.54, 1.807) is 48.6 Å². The Morgan fingerprint density at radius 2 is 1.95 bits per heavy atom. The lowest BCUT2D eigenvalue weighted by molar-refractivity contribution is 0.102. The van der Waals surface area contributed by atoms with Gasteiger partial charge < -0.3 is 9.88 Å². The minimum absolute atomic E-state index is 0.180. The number of hydrogen-bond acceptors (Lipinski definition) is 3. The number of aromatic nitrogens is 4. The fourth-order valence-corrected chi connectivity index (χ4v) is 1.87. The fourth-order valence-electron chi connectivity index (χ4n) is 1.87. The number of carbonyl (C=O) groups is 1. The molecule has 0 fully saturated rings. The Morgan fingerprint density at radius 1 is 1.15 bits per heavy atom. The highest BCUT2D eigenvalue weighted by atomic mass is 16.1. The molecule has 6 heteroatoms. The molecule has 100 valence electrons. The van der Waals surface area contributed by atoms with Gasteiger partial charge >= 0.3 is 0 Å². The quantitative estimate of drug-likeness (QED) is 0.787. The number of rotatable bonds is 3. The van der Waals surface area contributed by atoms with Gasteiger partial charge in [0.25, 0.3) is 5.91 Å². The lowest BCUT2D eigenvalue weighted by Gasteiger charge is -2.05. The van der Waals surface area contributed by atoms with Crippen LogP contribution in [0.25, 0.3) is 5.69 Å². The smallest absolute Gasteiger partial charge is 0.256 e. The van der Waals surface area contributed by atoms with Crippen molar-refractivity contribution in [1.29, 1.82) is 0 Å². The first-order valence-corrected chi connectivity index (χ1v) is 6.12. The predicted molar refractivity (Wildman–Crippen MR) is 74.7 cm³/mol. The van der Waals surface area contributed by atoms with Gasteiger partial charge in [-0.1, -0.05) is 0 Å². The Kier molecular flexibility index (Phi) is 3.04. The van der Waals surface area contributed by atoms with Crippen molar-refractivity contribution in [2.45, 2.75) is 0 Å². The highest BCUT2D eigenvalue weighted by Gasteiger charge is 2.07. The summed E-state index contributed by atoms with van der Waals surface area (Å²) >= 11 is 0. The molecule has 0 aliphatic rings. The number of aryl methyl sites for hydroxylation is 1. The molecule has 1 amide bonds. The third-order valence-electron chi connectivity index (χ3n) is 2.89. The Morgan fingerprint density at radius 3 is 2.55 bits per heavy atom. The van der Waals surface area contributed by atoms with Crippen LogP contribution in [0.5, 0.6) is 0 Å². The maximum absolute atomic E-state index is 12.0. The van der Waals surface area contributed by atoms with Gasteiger partial charge in [0.15, 0.2) is 5.82 Å². The summed E-state index contributed by atoms with van der Waals surface area (Å²) < 4.78 is 3.51. The van der Waals surface area contributed by atoms with Crippen LogP contribution in [0.3, 0.4) is 0 Å². The van der Waals surface area contributed by atoms with Crippen LogP contribution in [0.15, 0.2) is 55.2 Å². The number of benzene rings is 1. The molecule has 1 N–H and O–H groups in total. The molecular weight excluding hydrogens is 254 g/mol. The zero-order valence-electron chi connectivity index (χ0n) is 10.9. The summed E-state index contributed by atoms with van der Waals surface area (Å²) in [5, 5.41) is 6.85. The van der Waals surface area contributed by atoms with E-state index in [1.807, 2.05) is 22.9 Å². The van der Waals surface area contributed by atoms with Gasteiger partial charge in [-0.05, 0) is 24.3 Å². The summed E-state index contributed by atoms with van der Waals surface area (Å²) in [7, 11) is 1.80. The molecule has 0 saturated carbocycles. The van der Waals surface area contributed by atoms with Crippen LogP contribution in [0.1, 0.15) is 10.4 Å². The van der Waals surface area contributed by atoms with E-state index < -0.39 is 0 Å². The number of anilines is 1. The average molecular weight is 267 g/mol. The maximum atomic E-state index is 12.0. The minimum atomic E-state index is -0.180. The van der Waals surface area contributed by atoms with Gasteiger partial charge in [-0.15, -0.1) is 0 Å². The van der Waals surface area contributed by atoms with E-state index in [2.05, 4.69) is 15.4 Å². The number of amides is 1. The number of hydrogen-bond donors (Lipinski definition) is 1. The number of nitrogens with one attached hydrogen (secondary N) is 1. The van der Waals surface area contributed by atoms with Gasteiger partial charge in [0, 0.05) is 43.0 Å². The first kappa shape index (κ1) is 12.2. The van der Waals surface area contributed by atoms with Crippen molar-refractivity contribution >= 4 is 11.7 Å². The molecule has 0 unspecified atom stereocenters. The normalized spacial score (nSPS) is 10.4. The van der Waals surface area contributed by atoms with Crippen molar-refractivity contribution in [2.75, 3.05) is 5.32 Å². The van der Waals surface area contributed by atoms with Crippen molar-refractivity contribution in [3.63, 3.8) is 0 Å². The van der Waals surface area contributed by atoms with E-state index in [9.17, 15) is 4.79 Å². The van der Waals surface area contributed by atoms with Crippen molar-refractivity contribution < 1.29 is 4.79 Å². The van der Waals surface area contributed by atoms with Gasteiger partial charge in [0.2, 0.25) is 0 Å². The second-order valence-corrected chi connectivity index (χ2v) is 4.35. The molecule has 0 spiro atoms. The van der Waals surface area contributed by atoms with Crippen molar-refractivity contribution in [2.24, 2.45) is 7.05 Å². The summed E-state index contributed by atoms with van der Waals surface area (Å²) in [4.78, 5) is 16.0. The lowest BCUT2D eigenvalue weighted by Crippen LogP contribution is -2.12. The molecule has 1 aromatic carbocycles. The number of nitrogens with zero attached hydrogens (tertiary/aromatic N) is 4. The van der Waals surface area contributed by atoms with Crippen molar-refractivity contribution in [1.82, 2.24) is 19.3 Å². The Balaban J connectivity index is 1.75. The largest absolute Gasteiger partial charge is 0.306 e. The molecule has 0 atom stereocenters. The molecule has 2 heterocycles. The molecule has 6 nitrogen and oxygen atoms in total. The third kappa shape index (κ3) is 2.44. The monoisotopic (exact) mass is 267 g/mol. The second-order valence-electron chi connectivity index (χ2n) is 4.35. The standard InChI is InChI=1S/C14H13N5O/c1-18-8-6-13(17-18)16-14(20)11-2-4-12(5-3-11)19-9-7-15-10-19/h2-10H,1H3,(H,16,17,20). The SMILES string of the molecule is Cn1ccc(NC(=O)c2ccc(-n3ccnc3)cc2)n1. The molecule has 0 aliphatic heterocycles. The second kappa shape index (κ2) is 5.00. The van der Waals surface area contributed by atoms with Gasteiger partial charge in [0.1, 0.15) is 0 Å². The van der Waals surface area contributed by atoms with Crippen molar-refractivity contribution in [3.8, 4) is 5.69 Å². The van der Waals surface area contributed by atoms with E-state index in [-0.39, 0.29) is 5.91 Å². The zero-order chi connectivity index (χ0) is 13.9. The third-order valence-corrected chi connectivity index (χ3v) is 2.89. The Bertz CT molecular complexity index is 712. The maximum Gasteiger partial charge on any atom is 0.256 e. The van der Waals surface area contributed by atoms with Crippen LogP contribution in [0.2, 0.25) is 0 Å². The summed E-state index contributed by atoms with van der Waals surface area (Å²) in [6.07, 6.45) is 7.05. The molecule has 0 aliphatic carbocycles. The Labute approximate surface area is 115 Å². The molecule has 20 heavy (non-hydrogen) atoms. The van der Waals surface area contributed by atoms with Crippen molar-refractivity contribution in [3.05, 3.63) is 60.8 Å². The molecule has 3 rings (SSSR count). The van der Waals surface area contributed by atoms with E-state index in [1.165, 1.54) is 0 Å². The van der Waals surface area contributed by atoms with Gasteiger partial charge in [0.05, 0.1) is 6.33 Å². The van der Waals surface area contributed by atoms with Gasteiger partial charge in [-0.25, -0.2) is 4.98 Å². The molecule has 0 radical (unpaired) electrons. The average Bonchev–Trinajstić information content (AvgIpc) is 3.11. The lowest BCUT2D eigenvalue weighted by atomic mass is 10.2. The van der Waals surface area contributed by atoms with Crippen LogP contribution in [0.4, 0.5) is 5.82 Å². The number of imidazole rings is 1. The van der Waals surface area contributed by atoms with Gasteiger partial charge in [-0.2, -0.15) is 5.10 Å². The highest BCUT2D eigenvalue weighted by Crippen LogP contribution is 2.11. The summed E-state index contributed by atoms with van der Waals surface area (Å²) in [6.45, 7) is 0. The van der Waals surface area contributed by atoms with Gasteiger partial charge in [-0.3, -0.25) is 9.48 Å². The fraction of sp³-hybridized carbons (Fsp3) is 0.0714. The summed E-state index contributed by atoms with van der Waals surface area (Å²) in [5.41, 5.74) is 1.54. The topological polar surface area (TPSA) is 64.7 Å². The van der Waals surface area contributed by atoms with E-state index in [0.717, 1.165) is 5.69 Å². The molecular formula is C14H13N5O. The molecule has 0 saturated heterocycles. The zero-order valence-corrected chi connectivity index (χ0v) is 10.9. The van der Waals surface area contributed by atoms with E-state index in [4.69, 9.17) is 0 Å². The number of carbonyl (C=O) groups excluding carboxylic acids is 1. The first-order valence-electron chi connectivity index (χ1n) is 6.12. The van der Waals surface area contributed by atoms with E-state index >= 15 is 0 Å². The highest BCUT2D eigenvalue weighted by molar-refractivity contribution is 6.03. The molecule has 2 aromatic heterocycles. The summed E-state index contributed by atoms with van der Waals surface area (Å²) in [5.74, 6) is 0.358. The first-order chi connectivity index (χ1) is 9.72. The predicted octanol–water partition coefficient (Wildman–Crippen LogP) is 1.86. The molecule has 3 aromatic rings. The Hall–Kier alpha value is -2.89.